The van der Waals surface area contributed by atoms with Crippen molar-refractivity contribution in [2.75, 3.05) is 31.1 Å². The highest BCUT2D eigenvalue weighted by atomic mass is 19.4. The summed E-state index contributed by atoms with van der Waals surface area (Å²) in [6, 6.07) is 5.90. The van der Waals surface area contributed by atoms with Gasteiger partial charge in [-0.15, -0.1) is 0 Å². The lowest BCUT2D eigenvalue weighted by Crippen LogP contribution is -2.42. The minimum Gasteiger partial charge on any atom is -0.370 e. The molecule has 0 unspecified atom stereocenters. The van der Waals surface area contributed by atoms with Crippen LogP contribution in [0.25, 0.3) is 10.9 Å². The molecule has 3 heterocycles. The number of piperidine rings is 2. The molecule has 4 rings (SSSR count). The predicted molar refractivity (Wildman–Crippen MR) is 116 cm³/mol. The van der Waals surface area contributed by atoms with Crippen LogP contribution in [0.5, 0.6) is 0 Å². The average molecular weight is 452 g/mol. The van der Waals surface area contributed by atoms with E-state index in [1.165, 1.54) is 12.3 Å². The Morgan fingerprint density at radius 3 is 2.69 bits per heavy atom. The first-order valence-corrected chi connectivity index (χ1v) is 11.3. The number of alkyl halides is 4. The number of Topliss-reactive ketones (excluding diaryl/α,β-unsaturated/α-hetero) is 1. The smallest absolute Gasteiger partial charge is 0.370 e. The number of ketones is 1. The molecule has 174 valence electrons. The van der Waals surface area contributed by atoms with Crippen molar-refractivity contribution >= 4 is 22.4 Å². The SMILES string of the molecule is C[C@H]1C[C@@H](CC(=O)CC2(F)CCNCC2)CN(c2ccc(C(F)(F)F)c3ncccc23)C1. The number of rotatable bonds is 5. The van der Waals surface area contributed by atoms with Crippen LogP contribution in [0.2, 0.25) is 0 Å². The summed E-state index contributed by atoms with van der Waals surface area (Å²) in [5, 5.41) is 3.58. The summed E-state index contributed by atoms with van der Waals surface area (Å²) in [7, 11) is 0. The first-order valence-electron chi connectivity index (χ1n) is 11.3. The minimum absolute atomic E-state index is 0.0468. The Morgan fingerprint density at radius 2 is 1.97 bits per heavy atom. The molecular weight excluding hydrogens is 422 g/mol. The third-order valence-corrected chi connectivity index (χ3v) is 6.67. The fourth-order valence-corrected chi connectivity index (χ4v) is 5.29. The lowest BCUT2D eigenvalue weighted by atomic mass is 9.83. The van der Waals surface area contributed by atoms with E-state index in [2.05, 4.69) is 22.1 Å². The zero-order chi connectivity index (χ0) is 22.9. The molecular formula is C24H29F4N3O. The molecule has 0 amide bonds. The van der Waals surface area contributed by atoms with Gasteiger partial charge in [-0.3, -0.25) is 9.78 Å². The molecule has 2 aliphatic heterocycles. The number of anilines is 1. The summed E-state index contributed by atoms with van der Waals surface area (Å²) in [6.45, 7) is 4.52. The van der Waals surface area contributed by atoms with Crippen molar-refractivity contribution < 1.29 is 22.4 Å². The lowest BCUT2D eigenvalue weighted by molar-refractivity contribution is -0.136. The third kappa shape index (κ3) is 5.05. The Bertz CT molecular complexity index is 971. The number of nitrogens with one attached hydrogen (secondary N) is 1. The summed E-state index contributed by atoms with van der Waals surface area (Å²) in [5.74, 6) is 0.256. The maximum absolute atomic E-state index is 14.9. The molecule has 1 aromatic carbocycles. The summed E-state index contributed by atoms with van der Waals surface area (Å²) >= 11 is 0. The average Bonchev–Trinajstić information content (AvgIpc) is 2.71. The van der Waals surface area contributed by atoms with Gasteiger partial charge in [0.2, 0.25) is 0 Å². The van der Waals surface area contributed by atoms with Crippen LogP contribution in [-0.2, 0) is 11.0 Å². The van der Waals surface area contributed by atoms with Gasteiger partial charge in [-0.1, -0.05) is 6.92 Å². The molecule has 0 aliphatic carbocycles. The van der Waals surface area contributed by atoms with Crippen LogP contribution in [0.4, 0.5) is 23.2 Å². The largest absolute Gasteiger partial charge is 0.418 e. The second-order valence-corrected chi connectivity index (χ2v) is 9.46. The van der Waals surface area contributed by atoms with Crippen LogP contribution in [0, 0.1) is 11.8 Å². The van der Waals surface area contributed by atoms with Crippen LogP contribution in [0.1, 0.15) is 44.6 Å². The number of pyridine rings is 1. The van der Waals surface area contributed by atoms with E-state index in [1.54, 1.807) is 12.1 Å². The molecule has 2 aliphatic rings. The Morgan fingerprint density at radius 1 is 1.22 bits per heavy atom. The number of fused-ring (bicyclic) bond motifs is 1. The molecule has 2 atom stereocenters. The zero-order valence-corrected chi connectivity index (χ0v) is 18.2. The van der Waals surface area contributed by atoms with Crippen molar-refractivity contribution in [1.82, 2.24) is 10.3 Å². The molecule has 0 bridgehead atoms. The first-order chi connectivity index (χ1) is 15.1. The van der Waals surface area contributed by atoms with Crippen molar-refractivity contribution in [3.63, 3.8) is 0 Å². The van der Waals surface area contributed by atoms with Crippen LogP contribution < -0.4 is 10.2 Å². The van der Waals surface area contributed by atoms with E-state index < -0.39 is 17.4 Å². The Hall–Kier alpha value is -2.22. The van der Waals surface area contributed by atoms with E-state index in [0.29, 0.717) is 56.5 Å². The summed E-state index contributed by atoms with van der Waals surface area (Å²) in [4.78, 5) is 18.8. The monoisotopic (exact) mass is 451 g/mol. The van der Waals surface area contributed by atoms with Crippen molar-refractivity contribution in [2.24, 2.45) is 11.8 Å². The van der Waals surface area contributed by atoms with E-state index >= 15 is 0 Å². The maximum Gasteiger partial charge on any atom is 0.418 e. The van der Waals surface area contributed by atoms with Gasteiger partial charge in [0, 0.05) is 43.2 Å². The van der Waals surface area contributed by atoms with E-state index in [9.17, 15) is 22.4 Å². The molecule has 0 saturated carbocycles. The summed E-state index contributed by atoms with van der Waals surface area (Å²) in [5.41, 5.74) is -1.53. The van der Waals surface area contributed by atoms with Crippen molar-refractivity contribution in [1.29, 1.82) is 0 Å². The van der Waals surface area contributed by atoms with Crippen molar-refractivity contribution in [3.8, 4) is 0 Å². The van der Waals surface area contributed by atoms with Gasteiger partial charge in [0.1, 0.15) is 11.5 Å². The molecule has 2 fully saturated rings. The van der Waals surface area contributed by atoms with Gasteiger partial charge in [0.05, 0.1) is 11.1 Å². The Kier molecular flexibility index (Phi) is 6.43. The van der Waals surface area contributed by atoms with Crippen LogP contribution in [0.15, 0.2) is 30.5 Å². The maximum atomic E-state index is 14.9. The van der Waals surface area contributed by atoms with E-state index in [0.717, 1.165) is 12.5 Å². The Balaban J connectivity index is 1.52. The van der Waals surface area contributed by atoms with Gasteiger partial charge in [-0.25, -0.2) is 4.39 Å². The number of nitrogens with zero attached hydrogens (tertiary/aromatic N) is 2. The highest BCUT2D eigenvalue weighted by Gasteiger charge is 2.37. The zero-order valence-electron chi connectivity index (χ0n) is 18.2. The number of halogens is 4. The van der Waals surface area contributed by atoms with Gasteiger partial charge in [0.15, 0.2) is 0 Å². The van der Waals surface area contributed by atoms with Crippen LogP contribution in [-0.4, -0.2) is 42.6 Å². The highest BCUT2D eigenvalue weighted by molar-refractivity contribution is 5.94. The second kappa shape index (κ2) is 8.96. The fraction of sp³-hybridized carbons (Fsp3) is 0.583. The molecule has 4 nitrogen and oxygen atoms in total. The summed E-state index contributed by atoms with van der Waals surface area (Å²) < 4.78 is 55.3. The van der Waals surface area contributed by atoms with Crippen molar-refractivity contribution in [2.45, 2.75) is 50.9 Å². The minimum atomic E-state index is -4.48. The van der Waals surface area contributed by atoms with E-state index in [1.807, 2.05) is 0 Å². The van der Waals surface area contributed by atoms with Gasteiger partial charge < -0.3 is 10.2 Å². The van der Waals surface area contributed by atoms with Gasteiger partial charge >= 0.3 is 6.18 Å². The number of carbonyl (C=O) groups excluding carboxylic acids is 1. The van der Waals surface area contributed by atoms with Gasteiger partial charge in [0.25, 0.3) is 0 Å². The molecule has 32 heavy (non-hydrogen) atoms. The number of benzene rings is 1. The normalized spacial score (nSPS) is 24.0. The predicted octanol–water partition coefficient (Wildman–Crippen LogP) is 5.16. The quantitative estimate of drug-likeness (QED) is 0.638. The van der Waals surface area contributed by atoms with E-state index in [-0.39, 0.29) is 29.6 Å². The van der Waals surface area contributed by atoms with Gasteiger partial charge in [-0.2, -0.15) is 13.2 Å². The molecule has 1 aromatic heterocycles. The molecule has 0 spiro atoms. The number of hydrogen-bond donors (Lipinski definition) is 1. The number of carbonyl (C=O) groups is 1. The number of hydrogen-bond acceptors (Lipinski definition) is 4. The molecule has 8 heteroatoms. The lowest BCUT2D eigenvalue weighted by Gasteiger charge is -2.39. The molecule has 2 aromatic rings. The highest BCUT2D eigenvalue weighted by Crippen LogP contribution is 2.39. The molecule has 2 saturated heterocycles. The van der Waals surface area contributed by atoms with Crippen LogP contribution in [0.3, 0.4) is 0 Å². The van der Waals surface area contributed by atoms with E-state index in [4.69, 9.17) is 0 Å². The topological polar surface area (TPSA) is 45.2 Å². The fourth-order valence-electron chi connectivity index (χ4n) is 5.29. The standard InChI is InChI=1S/C24H29F4N3O/c1-16-11-17(12-18(32)13-23(25)6-9-29-10-7-23)15-31(14-16)21-5-4-20(24(26,27)28)22-19(21)3-2-8-30-22/h2-5,8,16-17,29H,6-7,9-15H2,1H3/t16-,17-/m0/s1. The van der Waals surface area contributed by atoms with Crippen molar-refractivity contribution in [3.05, 3.63) is 36.0 Å². The second-order valence-electron chi connectivity index (χ2n) is 9.46. The third-order valence-electron chi connectivity index (χ3n) is 6.67. The molecule has 0 radical (unpaired) electrons. The number of aromatic nitrogens is 1. The first kappa shape index (κ1) is 23.0. The molecule has 1 N–H and O–H groups in total. The van der Waals surface area contributed by atoms with Gasteiger partial charge in [-0.05, 0) is 68.5 Å². The Labute approximate surface area is 185 Å². The summed E-state index contributed by atoms with van der Waals surface area (Å²) in [6.07, 6.45) is -1.29. The van der Waals surface area contributed by atoms with Crippen LogP contribution >= 0.6 is 0 Å².